The minimum atomic E-state index is -4.30. The SMILES string of the molecule is Cn1c(=O)ccc2cc(SC(F)(F)F)ccc21. The third-order valence-electron chi connectivity index (χ3n) is 2.33. The van der Waals surface area contributed by atoms with E-state index in [1.165, 1.54) is 34.9 Å². The van der Waals surface area contributed by atoms with Crippen LogP contribution in [0.5, 0.6) is 0 Å². The first-order valence-electron chi connectivity index (χ1n) is 4.72. The number of alkyl halides is 3. The van der Waals surface area contributed by atoms with Gasteiger partial charge in [-0.15, -0.1) is 0 Å². The van der Waals surface area contributed by atoms with Crippen LogP contribution in [-0.4, -0.2) is 10.1 Å². The van der Waals surface area contributed by atoms with Crippen LogP contribution >= 0.6 is 11.8 Å². The lowest BCUT2D eigenvalue weighted by atomic mass is 10.2. The molecular formula is C11H8F3NOS. The zero-order valence-electron chi connectivity index (χ0n) is 8.78. The maximum Gasteiger partial charge on any atom is 0.446 e. The summed E-state index contributed by atoms with van der Waals surface area (Å²) in [6.45, 7) is 0. The van der Waals surface area contributed by atoms with Crippen LogP contribution in [0.3, 0.4) is 0 Å². The lowest BCUT2D eigenvalue weighted by Crippen LogP contribution is -2.14. The van der Waals surface area contributed by atoms with Crippen molar-refractivity contribution < 1.29 is 13.2 Å². The Morgan fingerprint density at radius 3 is 2.53 bits per heavy atom. The molecule has 1 heterocycles. The second-order valence-electron chi connectivity index (χ2n) is 3.50. The monoisotopic (exact) mass is 259 g/mol. The molecule has 2 aromatic rings. The van der Waals surface area contributed by atoms with Crippen molar-refractivity contribution in [3.63, 3.8) is 0 Å². The second kappa shape index (κ2) is 4.10. The molecule has 0 bridgehead atoms. The molecule has 2 nitrogen and oxygen atoms in total. The Morgan fingerprint density at radius 1 is 1.18 bits per heavy atom. The Morgan fingerprint density at radius 2 is 1.88 bits per heavy atom. The van der Waals surface area contributed by atoms with E-state index in [1.807, 2.05) is 0 Å². The van der Waals surface area contributed by atoms with Crippen LogP contribution in [0, 0.1) is 0 Å². The Hall–Kier alpha value is -1.43. The van der Waals surface area contributed by atoms with Crippen molar-refractivity contribution >= 4 is 22.7 Å². The predicted octanol–water partition coefficient (Wildman–Crippen LogP) is 3.15. The van der Waals surface area contributed by atoms with Gasteiger partial charge in [0.2, 0.25) is 0 Å². The van der Waals surface area contributed by atoms with Gasteiger partial charge in [0.1, 0.15) is 0 Å². The first-order valence-corrected chi connectivity index (χ1v) is 5.54. The number of rotatable bonds is 1. The molecule has 0 spiro atoms. The van der Waals surface area contributed by atoms with Gasteiger partial charge in [-0.2, -0.15) is 13.2 Å². The number of fused-ring (bicyclic) bond motifs is 1. The molecule has 0 N–H and O–H groups in total. The van der Waals surface area contributed by atoms with Gasteiger partial charge in [0.15, 0.2) is 0 Å². The number of benzene rings is 1. The van der Waals surface area contributed by atoms with E-state index in [0.717, 1.165) is 0 Å². The summed E-state index contributed by atoms with van der Waals surface area (Å²) in [6.07, 6.45) is 0. The molecule has 0 radical (unpaired) electrons. The topological polar surface area (TPSA) is 22.0 Å². The normalized spacial score (nSPS) is 12.0. The fourth-order valence-electron chi connectivity index (χ4n) is 1.56. The second-order valence-corrected chi connectivity index (χ2v) is 4.64. The first-order chi connectivity index (χ1) is 7.87. The van der Waals surface area contributed by atoms with Crippen LogP contribution in [0.4, 0.5) is 13.2 Å². The zero-order chi connectivity index (χ0) is 12.6. The van der Waals surface area contributed by atoms with Crippen molar-refractivity contribution in [2.24, 2.45) is 7.05 Å². The molecule has 0 saturated heterocycles. The summed E-state index contributed by atoms with van der Waals surface area (Å²) in [6, 6.07) is 7.17. The molecule has 0 saturated carbocycles. The summed E-state index contributed by atoms with van der Waals surface area (Å²) in [5.41, 5.74) is -3.87. The fourth-order valence-corrected chi connectivity index (χ4v) is 2.15. The number of thioether (sulfide) groups is 1. The number of halogens is 3. The summed E-state index contributed by atoms with van der Waals surface area (Å²) in [5, 5.41) is 0.612. The van der Waals surface area contributed by atoms with Crippen molar-refractivity contribution in [3.05, 3.63) is 40.7 Å². The fraction of sp³-hybridized carbons (Fsp3) is 0.182. The molecule has 0 atom stereocenters. The number of hydrogen-bond acceptors (Lipinski definition) is 2. The van der Waals surface area contributed by atoms with Gasteiger partial charge in [0.25, 0.3) is 5.56 Å². The van der Waals surface area contributed by atoms with E-state index in [0.29, 0.717) is 10.9 Å². The van der Waals surface area contributed by atoms with E-state index in [-0.39, 0.29) is 22.2 Å². The zero-order valence-corrected chi connectivity index (χ0v) is 9.60. The molecule has 1 aromatic heterocycles. The van der Waals surface area contributed by atoms with Gasteiger partial charge < -0.3 is 4.57 Å². The highest BCUT2D eigenvalue weighted by atomic mass is 32.2. The van der Waals surface area contributed by atoms with Gasteiger partial charge in [-0.25, -0.2) is 0 Å². The third-order valence-corrected chi connectivity index (χ3v) is 3.05. The largest absolute Gasteiger partial charge is 0.446 e. The maximum atomic E-state index is 12.2. The van der Waals surface area contributed by atoms with Crippen LogP contribution in [0.1, 0.15) is 0 Å². The number of hydrogen-bond donors (Lipinski definition) is 0. The minimum Gasteiger partial charge on any atom is -0.311 e. The Bertz CT molecular complexity index is 618. The molecule has 17 heavy (non-hydrogen) atoms. The van der Waals surface area contributed by atoms with Crippen molar-refractivity contribution in [2.75, 3.05) is 0 Å². The van der Waals surface area contributed by atoms with Gasteiger partial charge in [-0.05, 0) is 41.4 Å². The lowest BCUT2D eigenvalue weighted by Gasteiger charge is -2.08. The average Bonchev–Trinajstić information content (AvgIpc) is 2.21. The molecule has 0 fully saturated rings. The van der Waals surface area contributed by atoms with Crippen LogP contribution in [0.15, 0.2) is 40.0 Å². The minimum absolute atomic E-state index is 0.114. The summed E-state index contributed by atoms with van der Waals surface area (Å²) in [4.78, 5) is 11.4. The van der Waals surface area contributed by atoms with Crippen molar-refractivity contribution in [1.82, 2.24) is 4.57 Å². The van der Waals surface area contributed by atoms with Crippen LogP contribution in [-0.2, 0) is 7.05 Å². The first kappa shape index (κ1) is 12.0. The molecular weight excluding hydrogens is 251 g/mol. The van der Waals surface area contributed by atoms with E-state index < -0.39 is 5.51 Å². The molecule has 0 aliphatic carbocycles. The van der Waals surface area contributed by atoms with Crippen molar-refractivity contribution in [1.29, 1.82) is 0 Å². The van der Waals surface area contributed by atoms with Crippen molar-refractivity contribution in [2.45, 2.75) is 10.4 Å². The van der Waals surface area contributed by atoms with Gasteiger partial charge in [0.05, 0.1) is 5.52 Å². The Kier molecular flexibility index (Phi) is 2.91. The quantitative estimate of drug-likeness (QED) is 0.734. The molecule has 0 aliphatic heterocycles. The van der Waals surface area contributed by atoms with Crippen LogP contribution in [0.2, 0.25) is 0 Å². The summed E-state index contributed by atoms with van der Waals surface area (Å²) >= 11 is -0.162. The van der Waals surface area contributed by atoms with Crippen LogP contribution in [0.25, 0.3) is 10.9 Å². The summed E-state index contributed by atoms with van der Waals surface area (Å²) < 4.78 is 38.0. The highest BCUT2D eigenvalue weighted by molar-refractivity contribution is 8.00. The standard InChI is InChI=1S/C11H8F3NOS/c1-15-9-4-3-8(17-11(12,13)14)6-7(9)2-5-10(15)16/h2-6H,1H3. The predicted molar refractivity (Wildman–Crippen MR) is 61.1 cm³/mol. The highest BCUT2D eigenvalue weighted by Crippen LogP contribution is 2.37. The van der Waals surface area contributed by atoms with Gasteiger partial charge in [0, 0.05) is 18.0 Å². The van der Waals surface area contributed by atoms with E-state index in [9.17, 15) is 18.0 Å². The Labute approximate surface area is 99.1 Å². The van der Waals surface area contributed by atoms with Gasteiger partial charge in [-0.1, -0.05) is 0 Å². The Balaban J connectivity index is 2.53. The van der Waals surface area contributed by atoms with Gasteiger partial charge in [-0.3, -0.25) is 4.79 Å². The maximum absolute atomic E-state index is 12.2. The highest BCUT2D eigenvalue weighted by Gasteiger charge is 2.29. The molecule has 1 aromatic carbocycles. The molecule has 90 valence electrons. The number of aromatic nitrogens is 1. The third kappa shape index (κ3) is 2.63. The molecule has 0 aliphatic rings. The molecule has 0 unspecified atom stereocenters. The van der Waals surface area contributed by atoms with Crippen molar-refractivity contribution in [3.8, 4) is 0 Å². The van der Waals surface area contributed by atoms with E-state index in [1.54, 1.807) is 7.05 Å². The smallest absolute Gasteiger partial charge is 0.311 e. The number of nitrogens with zero attached hydrogens (tertiary/aromatic N) is 1. The van der Waals surface area contributed by atoms with E-state index in [4.69, 9.17) is 0 Å². The summed E-state index contributed by atoms with van der Waals surface area (Å²) in [5.74, 6) is 0. The molecule has 6 heteroatoms. The average molecular weight is 259 g/mol. The number of pyridine rings is 1. The molecule has 2 rings (SSSR count). The summed E-state index contributed by atoms with van der Waals surface area (Å²) in [7, 11) is 1.58. The van der Waals surface area contributed by atoms with Crippen LogP contribution < -0.4 is 5.56 Å². The number of aryl methyl sites for hydroxylation is 1. The van der Waals surface area contributed by atoms with E-state index in [2.05, 4.69) is 0 Å². The lowest BCUT2D eigenvalue weighted by molar-refractivity contribution is -0.0328. The molecule has 0 amide bonds. The van der Waals surface area contributed by atoms with E-state index >= 15 is 0 Å². The van der Waals surface area contributed by atoms with Gasteiger partial charge >= 0.3 is 5.51 Å².